The summed E-state index contributed by atoms with van der Waals surface area (Å²) >= 11 is 3.48. The Morgan fingerprint density at radius 2 is 2.00 bits per heavy atom. The van der Waals surface area contributed by atoms with Gasteiger partial charge in [-0.2, -0.15) is 0 Å². The molecule has 1 aromatic carbocycles. The van der Waals surface area contributed by atoms with E-state index < -0.39 is 0 Å². The van der Waals surface area contributed by atoms with Crippen LogP contribution in [0.25, 0.3) is 0 Å². The second-order valence-electron chi connectivity index (χ2n) is 3.64. The van der Waals surface area contributed by atoms with Gasteiger partial charge in [0.25, 0.3) is 0 Å². The molecule has 1 aromatic heterocycles. The molecule has 4 heteroatoms. The van der Waals surface area contributed by atoms with Gasteiger partial charge >= 0.3 is 0 Å². The summed E-state index contributed by atoms with van der Waals surface area (Å²) in [5.41, 5.74) is 1.59. The van der Waals surface area contributed by atoms with E-state index in [1.165, 1.54) is 6.20 Å². The van der Waals surface area contributed by atoms with Crippen LogP contribution in [-0.2, 0) is 0 Å². The first-order valence-electron chi connectivity index (χ1n) is 5.25. The van der Waals surface area contributed by atoms with Crippen molar-refractivity contribution in [1.29, 1.82) is 0 Å². The first kappa shape index (κ1) is 12.2. The number of pyridine rings is 1. The Hall–Kier alpha value is -1.26. The molecule has 2 nitrogen and oxygen atoms in total. The van der Waals surface area contributed by atoms with E-state index >= 15 is 0 Å². The number of rotatable bonds is 3. The van der Waals surface area contributed by atoms with Crippen molar-refractivity contribution < 1.29 is 4.39 Å². The summed E-state index contributed by atoms with van der Waals surface area (Å²) in [5, 5.41) is 3.12. The van der Waals surface area contributed by atoms with Gasteiger partial charge in [-0.25, -0.2) is 4.39 Å². The van der Waals surface area contributed by atoms with Crippen LogP contribution in [0.15, 0.2) is 47.2 Å². The van der Waals surface area contributed by atoms with Gasteiger partial charge in [0.05, 0.1) is 12.2 Å². The van der Waals surface area contributed by atoms with Crippen molar-refractivity contribution in [1.82, 2.24) is 10.3 Å². The summed E-state index contributed by atoms with van der Waals surface area (Å²) in [6.07, 6.45) is 2.83. The zero-order valence-electron chi connectivity index (χ0n) is 9.32. The zero-order chi connectivity index (χ0) is 12.3. The van der Waals surface area contributed by atoms with E-state index in [0.717, 1.165) is 10.0 Å². The van der Waals surface area contributed by atoms with Gasteiger partial charge in [-0.3, -0.25) is 4.98 Å². The lowest BCUT2D eigenvalue weighted by Gasteiger charge is -2.18. The Morgan fingerprint density at radius 3 is 2.65 bits per heavy atom. The molecule has 0 saturated carbocycles. The molecule has 1 N–H and O–H groups in total. The monoisotopic (exact) mass is 294 g/mol. The van der Waals surface area contributed by atoms with E-state index in [4.69, 9.17) is 0 Å². The highest BCUT2D eigenvalue weighted by atomic mass is 79.9. The topological polar surface area (TPSA) is 24.9 Å². The highest BCUT2D eigenvalue weighted by Crippen LogP contribution is 2.29. The van der Waals surface area contributed by atoms with Crippen LogP contribution in [-0.4, -0.2) is 12.0 Å². The second kappa shape index (κ2) is 5.38. The largest absolute Gasteiger partial charge is 0.309 e. The molecular weight excluding hydrogens is 283 g/mol. The molecule has 0 aliphatic carbocycles. The van der Waals surface area contributed by atoms with Crippen LogP contribution in [0.1, 0.15) is 17.2 Å². The minimum Gasteiger partial charge on any atom is -0.309 e. The number of hydrogen-bond acceptors (Lipinski definition) is 2. The number of nitrogens with one attached hydrogen (secondary N) is 1. The molecule has 0 aliphatic rings. The van der Waals surface area contributed by atoms with Crippen LogP contribution < -0.4 is 5.32 Å². The van der Waals surface area contributed by atoms with E-state index in [2.05, 4.69) is 26.2 Å². The van der Waals surface area contributed by atoms with Crippen molar-refractivity contribution in [3.05, 3.63) is 64.1 Å². The summed E-state index contributed by atoms with van der Waals surface area (Å²) in [4.78, 5) is 3.76. The lowest BCUT2D eigenvalue weighted by molar-refractivity contribution is 0.570. The molecule has 0 fully saturated rings. The molecule has 0 amide bonds. The lowest BCUT2D eigenvalue weighted by atomic mass is 9.99. The van der Waals surface area contributed by atoms with Crippen LogP contribution in [0.3, 0.4) is 0 Å². The van der Waals surface area contributed by atoms with Gasteiger partial charge in [0.1, 0.15) is 5.82 Å². The third-order valence-electron chi connectivity index (χ3n) is 2.62. The maximum Gasteiger partial charge on any atom is 0.146 e. The van der Waals surface area contributed by atoms with Gasteiger partial charge in [-0.05, 0) is 24.7 Å². The molecule has 17 heavy (non-hydrogen) atoms. The van der Waals surface area contributed by atoms with Crippen molar-refractivity contribution >= 4 is 15.9 Å². The summed E-state index contributed by atoms with van der Waals surface area (Å²) < 4.78 is 14.7. The molecule has 1 heterocycles. The predicted octanol–water partition coefficient (Wildman–Crippen LogP) is 3.29. The number of benzene rings is 1. The third-order valence-corrected chi connectivity index (χ3v) is 3.34. The molecule has 2 rings (SSSR count). The normalized spacial score (nSPS) is 12.4. The molecule has 2 aromatic rings. The van der Waals surface area contributed by atoms with Crippen molar-refractivity contribution in [3.63, 3.8) is 0 Å². The molecule has 0 aliphatic heterocycles. The van der Waals surface area contributed by atoms with E-state index in [1.54, 1.807) is 12.3 Å². The van der Waals surface area contributed by atoms with Crippen molar-refractivity contribution in [2.24, 2.45) is 0 Å². The Morgan fingerprint density at radius 1 is 1.24 bits per heavy atom. The number of nitrogens with zero attached hydrogens (tertiary/aromatic N) is 1. The maximum atomic E-state index is 13.7. The first-order chi connectivity index (χ1) is 8.24. The second-order valence-corrected chi connectivity index (χ2v) is 4.49. The first-order valence-corrected chi connectivity index (χ1v) is 6.04. The van der Waals surface area contributed by atoms with Gasteiger partial charge in [0, 0.05) is 16.2 Å². The standard InChI is InChI=1S/C13H12BrFN2/c1-16-13(9-4-2-3-5-11(9)14)10-6-7-17-8-12(10)15/h2-8,13,16H,1H3. The SMILES string of the molecule is CNC(c1ccncc1F)c1ccccc1Br. The molecule has 1 unspecified atom stereocenters. The number of aromatic nitrogens is 1. The summed E-state index contributed by atoms with van der Waals surface area (Å²) in [6, 6.07) is 9.28. The van der Waals surface area contributed by atoms with Crippen LogP contribution in [0, 0.1) is 5.82 Å². The summed E-state index contributed by atoms with van der Waals surface area (Å²) in [5.74, 6) is -0.303. The summed E-state index contributed by atoms with van der Waals surface area (Å²) in [7, 11) is 1.81. The van der Waals surface area contributed by atoms with Crippen molar-refractivity contribution in [2.75, 3.05) is 7.05 Å². The lowest BCUT2D eigenvalue weighted by Crippen LogP contribution is -2.19. The molecule has 0 spiro atoms. The van der Waals surface area contributed by atoms with Gasteiger partial charge in [-0.15, -0.1) is 0 Å². The minimum absolute atomic E-state index is 0.187. The predicted molar refractivity (Wildman–Crippen MR) is 69.2 cm³/mol. The maximum absolute atomic E-state index is 13.7. The molecule has 88 valence electrons. The molecule has 0 saturated heterocycles. The Balaban J connectivity index is 2.48. The average molecular weight is 295 g/mol. The van der Waals surface area contributed by atoms with Gasteiger partial charge in [0.15, 0.2) is 0 Å². The highest BCUT2D eigenvalue weighted by Gasteiger charge is 2.17. The Bertz CT molecular complexity index is 471. The van der Waals surface area contributed by atoms with E-state index in [0.29, 0.717) is 5.56 Å². The Labute approximate surface area is 108 Å². The van der Waals surface area contributed by atoms with Gasteiger partial charge in [-0.1, -0.05) is 34.1 Å². The molecular formula is C13H12BrFN2. The van der Waals surface area contributed by atoms with Gasteiger partial charge < -0.3 is 5.32 Å². The smallest absolute Gasteiger partial charge is 0.146 e. The quantitative estimate of drug-likeness (QED) is 0.940. The van der Waals surface area contributed by atoms with Crippen LogP contribution >= 0.6 is 15.9 Å². The third kappa shape index (κ3) is 2.53. The fraction of sp³-hybridized carbons (Fsp3) is 0.154. The molecule has 1 atom stereocenters. The number of halogens is 2. The molecule has 0 bridgehead atoms. The fourth-order valence-electron chi connectivity index (χ4n) is 1.81. The van der Waals surface area contributed by atoms with Crippen molar-refractivity contribution in [2.45, 2.75) is 6.04 Å². The van der Waals surface area contributed by atoms with E-state index in [9.17, 15) is 4.39 Å². The van der Waals surface area contributed by atoms with Crippen molar-refractivity contribution in [3.8, 4) is 0 Å². The van der Waals surface area contributed by atoms with Crippen LogP contribution in [0.5, 0.6) is 0 Å². The van der Waals surface area contributed by atoms with E-state index in [-0.39, 0.29) is 11.9 Å². The Kier molecular flexibility index (Phi) is 3.86. The number of hydrogen-bond donors (Lipinski definition) is 1. The van der Waals surface area contributed by atoms with E-state index in [1.807, 2.05) is 31.3 Å². The highest BCUT2D eigenvalue weighted by molar-refractivity contribution is 9.10. The van der Waals surface area contributed by atoms with Crippen LogP contribution in [0.2, 0.25) is 0 Å². The zero-order valence-corrected chi connectivity index (χ0v) is 10.9. The fourth-order valence-corrected chi connectivity index (χ4v) is 2.32. The molecule has 0 radical (unpaired) electrons. The minimum atomic E-state index is -0.303. The summed E-state index contributed by atoms with van der Waals surface area (Å²) in [6.45, 7) is 0. The van der Waals surface area contributed by atoms with Gasteiger partial charge in [0.2, 0.25) is 0 Å². The average Bonchev–Trinajstić information content (AvgIpc) is 2.34. The van der Waals surface area contributed by atoms with Crippen LogP contribution in [0.4, 0.5) is 4.39 Å².